The molecule has 0 spiro atoms. The summed E-state index contributed by atoms with van der Waals surface area (Å²) in [6.45, 7) is 1.96. The predicted molar refractivity (Wildman–Crippen MR) is 91.0 cm³/mol. The van der Waals surface area contributed by atoms with Gasteiger partial charge in [0.05, 0.1) is 5.56 Å². The number of halogens is 2. The fourth-order valence-corrected chi connectivity index (χ4v) is 2.73. The summed E-state index contributed by atoms with van der Waals surface area (Å²) in [7, 11) is 0. The Kier molecular flexibility index (Phi) is 5.83. The van der Waals surface area contributed by atoms with Crippen LogP contribution in [0.4, 0.5) is 0 Å². The molecule has 1 atom stereocenters. The second-order valence-electron chi connectivity index (χ2n) is 5.00. The molecule has 0 fully saturated rings. The highest BCUT2D eigenvalue weighted by atomic mass is 79.9. The van der Waals surface area contributed by atoms with Crippen molar-refractivity contribution >= 4 is 33.4 Å². The molecule has 0 saturated heterocycles. The van der Waals surface area contributed by atoms with E-state index in [0.29, 0.717) is 11.4 Å². The molecule has 2 nitrogen and oxygen atoms in total. The molecule has 110 valence electrons. The van der Waals surface area contributed by atoms with Gasteiger partial charge in [0.1, 0.15) is 0 Å². The van der Waals surface area contributed by atoms with Gasteiger partial charge >= 0.3 is 0 Å². The summed E-state index contributed by atoms with van der Waals surface area (Å²) in [4.78, 5) is 12.4. The van der Waals surface area contributed by atoms with E-state index in [1.54, 1.807) is 0 Å². The fourth-order valence-electron chi connectivity index (χ4n) is 2.12. The first-order valence-electron chi connectivity index (χ1n) is 6.77. The molecule has 2 rings (SSSR count). The van der Waals surface area contributed by atoms with Crippen LogP contribution in [0.2, 0.25) is 0 Å². The van der Waals surface area contributed by atoms with Gasteiger partial charge in [-0.3, -0.25) is 4.79 Å². The maximum absolute atomic E-state index is 12.4. The van der Waals surface area contributed by atoms with E-state index < -0.39 is 0 Å². The highest BCUT2D eigenvalue weighted by Crippen LogP contribution is 2.18. The Morgan fingerprint density at radius 3 is 2.62 bits per heavy atom. The summed E-state index contributed by atoms with van der Waals surface area (Å²) in [5.74, 6) is 0.275. The Labute approximate surface area is 138 Å². The lowest BCUT2D eigenvalue weighted by atomic mass is 10.1. The van der Waals surface area contributed by atoms with Crippen molar-refractivity contribution in [2.45, 2.75) is 19.4 Å². The fraction of sp³-hybridized carbons (Fsp3) is 0.235. The molecule has 0 radical (unpaired) electrons. The molecule has 1 N–H and O–H groups in total. The number of carbonyl (C=O) groups excluding carboxylic acids is 1. The monoisotopic (exact) mass is 365 g/mol. The Morgan fingerprint density at radius 2 is 1.95 bits per heavy atom. The van der Waals surface area contributed by atoms with Gasteiger partial charge in [-0.05, 0) is 47.0 Å². The predicted octanol–water partition coefficient (Wildman–Crippen LogP) is 4.34. The number of aryl methyl sites for hydroxylation is 1. The average Bonchev–Trinajstić information content (AvgIpc) is 2.50. The number of nitrogens with one attached hydrogen (secondary N) is 1. The summed E-state index contributed by atoms with van der Waals surface area (Å²) < 4.78 is 0.790. The van der Waals surface area contributed by atoms with Gasteiger partial charge in [0.2, 0.25) is 0 Å². The summed E-state index contributed by atoms with van der Waals surface area (Å²) in [5, 5.41) is 3.00. The van der Waals surface area contributed by atoms with E-state index in [-0.39, 0.29) is 11.9 Å². The van der Waals surface area contributed by atoms with Crippen molar-refractivity contribution in [3.05, 3.63) is 69.7 Å². The molecule has 0 bridgehead atoms. The minimum Gasteiger partial charge on any atom is -0.348 e. The SMILES string of the molecule is Cc1ccc(Br)c(C(=O)NC(CCl)Cc2ccccc2)c1. The molecule has 0 aliphatic rings. The van der Waals surface area contributed by atoms with E-state index in [9.17, 15) is 4.79 Å². The molecule has 4 heteroatoms. The van der Waals surface area contributed by atoms with Gasteiger partial charge < -0.3 is 5.32 Å². The molecule has 0 aliphatic heterocycles. The number of hydrogen-bond acceptors (Lipinski definition) is 1. The lowest BCUT2D eigenvalue weighted by molar-refractivity contribution is 0.0939. The minimum atomic E-state index is -0.104. The van der Waals surface area contributed by atoms with E-state index in [2.05, 4.69) is 21.2 Å². The molecule has 2 aromatic carbocycles. The van der Waals surface area contributed by atoms with Crippen molar-refractivity contribution in [1.82, 2.24) is 5.32 Å². The van der Waals surface area contributed by atoms with Crippen molar-refractivity contribution in [1.29, 1.82) is 0 Å². The van der Waals surface area contributed by atoms with Crippen molar-refractivity contribution in [2.75, 3.05) is 5.88 Å². The topological polar surface area (TPSA) is 29.1 Å². The second kappa shape index (κ2) is 7.62. The Bertz CT molecular complexity index is 615. The Hall–Kier alpha value is -1.32. The van der Waals surface area contributed by atoms with Crippen molar-refractivity contribution < 1.29 is 4.79 Å². The summed E-state index contributed by atoms with van der Waals surface area (Å²) in [5.41, 5.74) is 2.85. The third kappa shape index (κ3) is 4.58. The molecule has 0 heterocycles. The molecule has 0 saturated carbocycles. The van der Waals surface area contributed by atoms with E-state index in [0.717, 1.165) is 22.0 Å². The van der Waals surface area contributed by atoms with Gasteiger partial charge in [0.15, 0.2) is 0 Å². The van der Waals surface area contributed by atoms with Gasteiger partial charge in [-0.1, -0.05) is 42.0 Å². The van der Waals surface area contributed by atoms with Crippen LogP contribution in [0.1, 0.15) is 21.5 Å². The zero-order valence-corrected chi connectivity index (χ0v) is 14.1. The van der Waals surface area contributed by atoms with Gasteiger partial charge in [-0.25, -0.2) is 0 Å². The van der Waals surface area contributed by atoms with E-state index in [1.165, 1.54) is 0 Å². The van der Waals surface area contributed by atoms with E-state index in [4.69, 9.17) is 11.6 Å². The first-order valence-corrected chi connectivity index (χ1v) is 8.10. The van der Waals surface area contributed by atoms with Crippen LogP contribution in [0.15, 0.2) is 53.0 Å². The molecule has 0 aromatic heterocycles. The number of carbonyl (C=O) groups is 1. The standard InChI is InChI=1S/C17H17BrClNO/c1-12-7-8-16(18)15(9-12)17(21)20-14(11-19)10-13-5-3-2-4-6-13/h2-9,14H,10-11H2,1H3,(H,20,21). The van der Waals surface area contributed by atoms with Crippen LogP contribution in [0, 0.1) is 6.92 Å². The Morgan fingerprint density at radius 1 is 1.24 bits per heavy atom. The Balaban J connectivity index is 2.07. The zero-order chi connectivity index (χ0) is 15.2. The smallest absolute Gasteiger partial charge is 0.252 e. The van der Waals surface area contributed by atoms with E-state index in [1.807, 2.05) is 55.5 Å². The lowest BCUT2D eigenvalue weighted by Crippen LogP contribution is -2.38. The maximum Gasteiger partial charge on any atom is 0.252 e. The third-order valence-corrected chi connectivity index (χ3v) is 4.28. The average molecular weight is 367 g/mol. The van der Waals surface area contributed by atoms with Gasteiger partial charge in [-0.15, -0.1) is 11.6 Å². The molecule has 1 amide bonds. The molecule has 0 aliphatic carbocycles. The van der Waals surface area contributed by atoms with Crippen LogP contribution < -0.4 is 5.32 Å². The van der Waals surface area contributed by atoms with Crippen LogP contribution in [-0.2, 0) is 6.42 Å². The lowest BCUT2D eigenvalue weighted by Gasteiger charge is -2.17. The number of alkyl halides is 1. The number of amides is 1. The van der Waals surface area contributed by atoms with Gasteiger partial charge in [0, 0.05) is 16.4 Å². The van der Waals surface area contributed by atoms with Crippen LogP contribution in [0.25, 0.3) is 0 Å². The van der Waals surface area contributed by atoms with Crippen LogP contribution in [0.3, 0.4) is 0 Å². The quantitative estimate of drug-likeness (QED) is 0.784. The molecular weight excluding hydrogens is 350 g/mol. The first kappa shape index (κ1) is 16.1. The van der Waals surface area contributed by atoms with Gasteiger partial charge in [0.25, 0.3) is 5.91 Å². The van der Waals surface area contributed by atoms with Crippen molar-refractivity contribution in [2.24, 2.45) is 0 Å². The summed E-state index contributed by atoms with van der Waals surface area (Å²) in [6, 6.07) is 15.6. The van der Waals surface area contributed by atoms with E-state index >= 15 is 0 Å². The van der Waals surface area contributed by atoms with Crippen molar-refractivity contribution in [3.8, 4) is 0 Å². The van der Waals surface area contributed by atoms with Crippen LogP contribution in [0.5, 0.6) is 0 Å². The second-order valence-corrected chi connectivity index (χ2v) is 6.16. The van der Waals surface area contributed by atoms with Gasteiger partial charge in [-0.2, -0.15) is 0 Å². The molecular formula is C17H17BrClNO. The molecule has 2 aromatic rings. The number of hydrogen-bond donors (Lipinski definition) is 1. The third-order valence-electron chi connectivity index (χ3n) is 3.21. The number of benzene rings is 2. The number of rotatable bonds is 5. The highest BCUT2D eigenvalue weighted by molar-refractivity contribution is 9.10. The first-order chi connectivity index (χ1) is 10.1. The van der Waals surface area contributed by atoms with Crippen LogP contribution >= 0.6 is 27.5 Å². The largest absolute Gasteiger partial charge is 0.348 e. The normalized spacial score (nSPS) is 12.0. The molecule has 21 heavy (non-hydrogen) atoms. The summed E-state index contributed by atoms with van der Waals surface area (Å²) >= 11 is 9.41. The zero-order valence-electron chi connectivity index (χ0n) is 11.8. The van der Waals surface area contributed by atoms with Crippen LogP contribution in [-0.4, -0.2) is 17.8 Å². The summed E-state index contributed by atoms with van der Waals surface area (Å²) in [6.07, 6.45) is 0.722. The highest BCUT2D eigenvalue weighted by Gasteiger charge is 2.15. The maximum atomic E-state index is 12.4. The van der Waals surface area contributed by atoms with Crippen molar-refractivity contribution in [3.63, 3.8) is 0 Å². The minimum absolute atomic E-state index is 0.0889. The molecule has 1 unspecified atom stereocenters.